The van der Waals surface area contributed by atoms with Crippen LogP contribution in [-0.2, 0) is 0 Å². The molecule has 15 heavy (non-hydrogen) atoms. The first kappa shape index (κ1) is 12.1. The molecule has 0 fully saturated rings. The van der Waals surface area contributed by atoms with Gasteiger partial charge in [-0.2, -0.15) is 0 Å². The van der Waals surface area contributed by atoms with Gasteiger partial charge in [-0.3, -0.25) is 0 Å². The maximum atomic E-state index is 12.0. The van der Waals surface area contributed by atoms with Crippen molar-refractivity contribution in [1.82, 2.24) is 4.98 Å². The summed E-state index contributed by atoms with van der Waals surface area (Å²) in [6.07, 6.45) is -3.55. The van der Waals surface area contributed by atoms with Crippen LogP contribution < -0.4 is 9.47 Å². The summed E-state index contributed by atoms with van der Waals surface area (Å²) in [7, 11) is 1.32. The van der Waals surface area contributed by atoms with Crippen molar-refractivity contribution in [3.8, 4) is 11.6 Å². The van der Waals surface area contributed by atoms with Crippen LogP contribution in [-0.4, -0.2) is 18.5 Å². The van der Waals surface area contributed by atoms with Crippen molar-refractivity contribution in [2.45, 2.75) is 13.3 Å². The van der Waals surface area contributed by atoms with Crippen LogP contribution in [0.15, 0.2) is 10.7 Å². The SMILES string of the molecule is COc1ncc(Br)c(OC(F)(F)F)c1C. The summed E-state index contributed by atoms with van der Waals surface area (Å²) in [5, 5.41) is 0. The lowest BCUT2D eigenvalue weighted by molar-refractivity contribution is -0.275. The molecule has 84 valence electrons. The summed E-state index contributed by atoms with van der Waals surface area (Å²) < 4.78 is 44.8. The number of nitrogens with zero attached hydrogens (tertiary/aromatic N) is 1. The molecule has 1 heterocycles. The number of pyridine rings is 1. The Hall–Kier alpha value is -0.980. The lowest BCUT2D eigenvalue weighted by Gasteiger charge is -2.14. The third kappa shape index (κ3) is 2.98. The minimum absolute atomic E-state index is 0.0949. The highest BCUT2D eigenvalue weighted by Crippen LogP contribution is 2.36. The molecule has 0 unspecified atom stereocenters. The number of alkyl halides is 3. The smallest absolute Gasteiger partial charge is 0.481 e. The molecular formula is C8H7BrF3NO2. The Morgan fingerprint density at radius 2 is 2.00 bits per heavy atom. The van der Waals surface area contributed by atoms with Gasteiger partial charge in [0.1, 0.15) is 0 Å². The molecule has 1 aromatic rings. The molecule has 0 aliphatic heterocycles. The van der Waals surface area contributed by atoms with Gasteiger partial charge < -0.3 is 9.47 Å². The fraction of sp³-hybridized carbons (Fsp3) is 0.375. The summed E-state index contributed by atoms with van der Waals surface area (Å²) in [5.74, 6) is -0.244. The molecule has 0 bridgehead atoms. The van der Waals surface area contributed by atoms with Crippen LogP contribution in [0.4, 0.5) is 13.2 Å². The van der Waals surface area contributed by atoms with Gasteiger partial charge in [0.25, 0.3) is 0 Å². The van der Waals surface area contributed by atoms with Crippen LogP contribution in [0.5, 0.6) is 11.6 Å². The summed E-state index contributed by atoms with van der Waals surface area (Å²) in [5.41, 5.74) is 0.184. The number of halogens is 4. The Morgan fingerprint density at radius 1 is 1.40 bits per heavy atom. The normalized spacial score (nSPS) is 11.3. The molecule has 0 N–H and O–H groups in total. The van der Waals surface area contributed by atoms with E-state index in [4.69, 9.17) is 4.74 Å². The molecule has 0 spiro atoms. The van der Waals surface area contributed by atoms with Crippen molar-refractivity contribution in [2.75, 3.05) is 7.11 Å². The lowest BCUT2D eigenvalue weighted by atomic mass is 10.3. The molecular weight excluding hydrogens is 279 g/mol. The van der Waals surface area contributed by atoms with Gasteiger partial charge in [-0.15, -0.1) is 13.2 Å². The van der Waals surface area contributed by atoms with Crippen LogP contribution in [0.25, 0.3) is 0 Å². The van der Waals surface area contributed by atoms with Crippen molar-refractivity contribution >= 4 is 15.9 Å². The summed E-state index contributed by atoms with van der Waals surface area (Å²) in [6, 6.07) is 0. The second-order valence-corrected chi connectivity index (χ2v) is 3.47. The zero-order valence-corrected chi connectivity index (χ0v) is 9.44. The average molecular weight is 286 g/mol. The monoisotopic (exact) mass is 285 g/mol. The molecule has 0 saturated heterocycles. The lowest BCUT2D eigenvalue weighted by Crippen LogP contribution is -2.18. The van der Waals surface area contributed by atoms with Gasteiger partial charge in [0.15, 0.2) is 5.75 Å². The second-order valence-electron chi connectivity index (χ2n) is 2.62. The van der Waals surface area contributed by atoms with Crippen molar-refractivity contribution in [3.05, 3.63) is 16.2 Å². The minimum atomic E-state index is -4.74. The van der Waals surface area contributed by atoms with Crippen LogP contribution in [0.3, 0.4) is 0 Å². The quantitative estimate of drug-likeness (QED) is 0.837. The maximum absolute atomic E-state index is 12.0. The highest BCUT2D eigenvalue weighted by atomic mass is 79.9. The fourth-order valence-corrected chi connectivity index (χ4v) is 1.47. The van der Waals surface area contributed by atoms with Gasteiger partial charge in [0.05, 0.1) is 17.1 Å². The van der Waals surface area contributed by atoms with E-state index in [1.165, 1.54) is 20.2 Å². The topological polar surface area (TPSA) is 31.4 Å². The van der Waals surface area contributed by atoms with Crippen molar-refractivity contribution < 1.29 is 22.6 Å². The number of ether oxygens (including phenoxy) is 2. The van der Waals surface area contributed by atoms with E-state index in [1.807, 2.05) is 0 Å². The molecule has 0 radical (unpaired) electrons. The molecule has 0 aliphatic carbocycles. The molecule has 0 atom stereocenters. The predicted molar refractivity (Wildman–Crippen MR) is 49.9 cm³/mol. The number of rotatable bonds is 2. The first-order valence-corrected chi connectivity index (χ1v) is 4.59. The van der Waals surface area contributed by atoms with Gasteiger partial charge in [-0.05, 0) is 22.9 Å². The number of methoxy groups -OCH3 is 1. The maximum Gasteiger partial charge on any atom is 0.573 e. The standard InChI is InChI=1S/C8H7BrF3NO2/c1-4-6(15-8(10,11)12)5(9)3-13-7(4)14-2/h3H,1-2H3. The van der Waals surface area contributed by atoms with Gasteiger partial charge >= 0.3 is 6.36 Å². The highest BCUT2D eigenvalue weighted by Gasteiger charge is 2.33. The summed E-state index contributed by atoms with van der Waals surface area (Å²) >= 11 is 2.92. The summed E-state index contributed by atoms with van der Waals surface area (Å²) in [6.45, 7) is 1.43. The van der Waals surface area contributed by atoms with Gasteiger partial charge in [-0.25, -0.2) is 4.98 Å². The van der Waals surface area contributed by atoms with Crippen LogP contribution in [0.1, 0.15) is 5.56 Å². The molecule has 0 saturated carbocycles. The predicted octanol–water partition coefficient (Wildman–Crippen LogP) is 3.06. The highest BCUT2D eigenvalue weighted by molar-refractivity contribution is 9.10. The molecule has 7 heteroatoms. The van der Waals surface area contributed by atoms with E-state index in [2.05, 4.69) is 25.7 Å². The van der Waals surface area contributed by atoms with E-state index in [-0.39, 0.29) is 21.7 Å². The number of aromatic nitrogens is 1. The number of hydrogen-bond acceptors (Lipinski definition) is 3. The number of hydrogen-bond donors (Lipinski definition) is 0. The Labute approximate surface area is 92.3 Å². The molecule has 1 aromatic heterocycles. The Balaban J connectivity index is 3.15. The molecule has 3 nitrogen and oxygen atoms in total. The van der Waals surface area contributed by atoms with E-state index in [0.29, 0.717) is 0 Å². The van der Waals surface area contributed by atoms with Crippen LogP contribution in [0, 0.1) is 6.92 Å². The first-order valence-electron chi connectivity index (χ1n) is 3.80. The average Bonchev–Trinajstić information content (AvgIpc) is 2.11. The molecule has 0 amide bonds. The first-order chi connectivity index (χ1) is 6.85. The third-order valence-electron chi connectivity index (χ3n) is 1.58. The van der Waals surface area contributed by atoms with Crippen LogP contribution in [0.2, 0.25) is 0 Å². The van der Waals surface area contributed by atoms with Crippen molar-refractivity contribution in [2.24, 2.45) is 0 Å². The van der Waals surface area contributed by atoms with Gasteiger partial charge in [0, 0.05) is 6.20 Å². The van der Waals surface area contributed by atoms with Gasteiger partial charge in [0.2, 0.25) is 5.88 Å². The van der Waals surface area contributed by atoms with Crippen molar-refractivity contribution in [3.63, 3.8) is 0 Å². The van der Waals surface area contributed by atoms with E-state index in [9.17, 15) is 13.2 Å². The third-order valence-corrected chi connectivity index (χ3v) is 2.15. The van der Waals surface area contributed by atoms with Crippen LogP contribution >= 0.6 is 15.9 Å². The van der Waals surface area contributed by atoms with Gasteiger partial charge in [-0.1, -0.05) is 0 Å². The van der Waals surface area contributed by atoms with E-state index in [1.54, 1.807) is 0 Å². The largest absolute Gasteiger partial charge is 0.573 e. The molecule has 0 aromatic carbocycles. The fourth-order valence-electron chi connectivity index (χ4n) is 0.994. The Bertz CT molecular complexity index is 368. The zero-order valence-electron chi connectivity index (χ0n) is 7.85. The molecule has 0 aliphatic rings. The second kappa shape index (κ2) is 4.26. The minimum Gasteiger partial charge on any atom is -0.481 e. The van der Waals surface area contributed by atoms with Crippen molar-refractivity contribution in [1.29, 1.82) is 0 Å². The zero-order chi connectivity index (χ0) is 11.6. The van der Waals surface area contributed by atoms with E-state index >= 15 is 0 Å². The summed E-state index contributed by atoms with van der Waals surface area (Å²) in [4.78, 5) is 3.77. The molecule has 1 rings (SSSR count). The van der Waals surface area contributed by atoms with E-state index < -0.39 is 6.36 Å². The Morgan fingerprint density at radius 3 is 2.47 bits per heavy atom. The Kier molecular flexibility index (Phi) is 3.43. The van der Waals surface area contributed by atoms with E-state index in [0.717, 1.165) is 0 Å².